The topological polar surface area (TPSA) is 98.3 Å². The minimum atomic E-state index is -0.190. The van der Waals surface area contributed by atoms with Crippen molar-refractivity contribution in [2.24, 2.45) is 0 Å². The lowest BCUT2D eigenvalue weighted by Crippen LogP contribution is -2.26. The third-order valence-electron chi connectivity index (χ3n) is 5.52. The second-order valence-corrected chi connectivity index (χ2v) is 8.22. The molecule has 1 aliphatic heterocycles. The molecule has 0 atom stereocenters. The molecule has 3 aromatic heterocycles. The van der Waals surface area contributed by atoms with Gasteiger partial charge in [0.2, 0.25) is 5.88 Å². The number of fused-ring (bicyclic) bond motifs is 2. The van der Waals surface area contributed by atoms with Gasteiger partial charge >= 0.3 is 0 Å². The summed E-state index contributed by atoms with van der Waals surface area (Å²) in [5.41, 5.74) is 5.30. The summed E-state index contributed by atoms with van der Waals surface area (Å²) in [6.45, 7) is 1.39. The highest BCUT2D eigenvalue weighted by Gasteiger charge is 2.17. The van der Waals surface area contributed by atoms with Crippen LogP contribution in [-0.2, 0) is 17.8 Å². The third-order valence-corrected chi connectivity index (χ3v) is 5.81. The van der Waals surface area contributed by atoms with Crippen LogP contribution in [-0.4, -0.2) is 41.1 Å². The van der Waals surface area contributed by atoms with Crippen molar-refractivity contribution in [3.63, 3.8) is 0 Å². The Kier molecular flexibility index (Phi) is 6.24. The number of methoxy groups -OCH3 is 1. The first-order valence-corrected chi connectivity index (χ1v) is 11.2. The fraction of sp³-hybridized carbons (Fsp3) is 0.200. The molecule has 0 bridgehead atoms. The van der Waals surface area contributed by atoms with Gasteiger partial charge in [0.1, 0.15) is 5.52 Å². The van der Waals surface area contributed by atoms with Crippen LogP contribution in [0, 0.1) is 0 Å². The first-order valence-electron chi connectivity index (χ1n) is 10.8. The summed E-state index contributed by atoms with van der Waals surface area (Å²) in [6.07, 6.45) is 2.50. The number of carbonyl (C=O) groups excluding carboxylic acids is 1. The van der Waals surface area contributed by atoms with Gasteiger partial charge < -0.3 is 20.1 Å². The maximum absolute atomic E-state index is 11.5. The number of benzene rings is 1. The second kappa shape index (κ2) is 9.62. The number of rotatable bonds is 7. The maximum Gasteiger partial charge on any atom is 0.263 e. The van der Waals surface area contributed by atoms with Gasteiger partial charge in [-0.3, -0.25) is 9.78 Å². The highest BCUT2D eigenvalue weighted by molar-refractivity contribution is 6.34. The van der Waals surface area contributed by atoms with Crippen molar-refractivity contribution in [1.29, 1.82) is 0 Å². The van der Waals surface area contributed by atoms with Gasteiger partial charge in [0.05, 0.1) is 23.3 Å². The quantitative estimate of drug-likeness (QED) is 0.389. The van der Waals surface area contributed by atoms with E-state index >= 15 is 0 Å². The lowest BCUT2D eigenvalue weighted by Gasteiger charge is -2.17. The first-order chi connectivity index (χ1) is 16.6. The number of pyridine rings is 3. The number of anilines is 1. The van der Waals surface area contributed by atoms with E-state index in [1.165, 1.54) is 5.56 Å². The van der Waals surface area contributed by atoms with Gasteiger partial charge in [-0.25, -0.2) is 9.97 Å². The summed E-state index contributed by atoms with van der Waals surface area (Å²) in [7, 11) is 1.59. The Bertz CT molecular complexity index is 1360. The molecule has 34 heavy (non-hydrogen) atoms. The maximum atomic E-state index is 11.5. The summed E-state index contributed by atoms with van der Waals surface area (Å²) >= 11 is 6.50. The molecule has 1 aliphatic rings. The fourth-order valence-electron chi connectivity index (χ4n) is 3.80. The van der Waals surface area contributed by atoms with Crippen LogP contribution >= 0.6 is 11.6 Å². The molecule has 0 aliphatic carbocycles. The Morgan fingerprint density at radius 3 is 2.79 bits per heavy atom. The summed E-state index contributed by atoms with van der Waals surface area (Å²) in [5.74, 6) is 1.40. The monoisotopic (exact) mass is 475 g/mol. The summed E-state index contributed by atoms with van der Waals surface area (Å²) in [4.78, 5) is 24.8. The van der Waals surface area contributed by atoms with Crippen LogP contribution in [0.5, 0.6) is 11.6 Å². The van der Waals surface area contributed by atoms with Gasteiger partial charge in [-0.2, -0.15) is 0 Å². The molecule has 1 aromatic carbocycles. The second-order valence-electron chi connectivity index (χ2n) is 7.81. The summed E-state index contributed by atoms with van der Waals surface area (Å²) < 4.78 is 10.6. The smallest absolute Gasteiger partial charge is 0.263 e. The van der Waals surface area contributed by atoms with Crippen LogP contribution in [0.15, 0.2) is 54.7 Å². The Morgan fingerprint density at radius 1 is 1.12 bits per heavy atom. The molecule has 9 heteroatoms. The van der Waals surface area contributed by atoms with Crippen LogP contribution in [0.3, 0.4) is 0 Å². The number of hydrogen-bond donors (Lipinski definition) is 2. The van der Waals surface area contributed by atoms with E-state index in [4.69, 9.17) is 21.1 Å². The zero-order chi connectivity index (χ0) is 23.5. The van der Waals surface area contributed by atoms with E-state index in [1.807, 2.05) is 30.3 Å². The average molecular weight is 476 g/mol. The van der Waals surface area contributed by atoms with Gasteiger partial charge in [-0.15, -0.1) is 0 Å². The van der Waals surface area contributed by atoms with Crippen molar-refractivity contribution in [1.82, 2.24) is 20.3 Å². The van der Waals surface area contributed by atoms with E-state index in [0.29, 0.717) is 34.5 Å². The lowest BCUT2D eigenvalue weighted by atomic mass is 10.0. The lowest BCUT2D eigenvalue weighted by molar-refractivity contribution is -0.118. The Morgan fingerprint density at radius 2 is 1.97 bits per heavy atom. The normalized spacial score (nSPS) is 12.7. The Hall–Kier alpha value is -3.75. The molecule has 0 saturated carbocycles. The zero-order valence-corrected chi connectivity index (χ0v) is 19.2. The average Bonchev–Trinajstić information content (AvgIpc) is 2.86. The van der Waals surface area contributed by atoms with E-state index < -0.39 is 0 Å². The molecular formula is C25H22ClN5O3. The largest absolute Gasteiger partial charge is 0.481 e. The predicted molar refractivity (Wildman–Crippen MR) is 130 cm³/mol. The van der Waals surface area contributed by atoms with E-state index in [2.05, 4.69) is 37.7 Å². The number of nitrogens with zero attached hydrogens (tertiary/aromatic N) is 3. The van der Waals surface area contributed by atoms with Crippen molar-refractivity contribution in [2.45, 2.75) is 13.0 Å². The third kappa shape index (κ3) is 4.64. The number of amides is 1. The Balaban J connectivity index is 1.23. The summed E-state index contributed by atoms with van der Waals surface area (Å²) in [5, 5.41) is 6.66. The fourth-order valence-corrected chi connectivity index (χ4v) is 4.05. The predicted octanol–water partition coefficient (Wildman–Crippen LogP) is 4.02. The molecule has 0 unspecified atom stereocenters. The molecule has 0 fully saturated rings. The van der Waals surface area contributed by atoms with Crippen molar-refractivity contribution in [3.05, 3.63) is 71.0 Å². The van der Waals surface area contributed by atoms with Gasteiger partial charge in [0.15, 0.2) is 18.2 Å². The molecule has 5 rings (SSSR count). The van der Waals surface area contributed by atoms with Gasteiger partial charge in [-0.1, -0.05) is 35.9 Å². The molecule has 0 saturated heterocycles. The molecule has 1 amide bonds. The van der Waals surface area contributed by atoms with Crippen LogP contribution < -0.4 is 20.1 Å². The molecule has 2 N–H and O–H groups in total. The van der Waals surface area contributed by atoms with E-state index in [0.717, 1.165) is 35.3 Å². The van der Waals surface area contributed by atoms with E-state index in [9.17, 15) is 4.79 Å². The Labute approximate surface area is 201 Å². The van der Waals surface area contributed by atoms with Crippen molar-refractivity contribution >= 4 is 34.4 Å². The van der Waals surface area contributed by atoms with Crippen molar-refractivity contribution in [3.8, 4) is 22.8 Å². The highest BCUT2D eigenvalue weighted by Crippen LogP contribution is 2.34. The molecule has 4 heterocycles. The molecule has 8 nitrogen and oxygen atoms in total. The number of ether oxygens (including phenoxy) is 2. The number of halogens is 1. The number of hydrogen-bond acceptors (Lipinski definition) is 7. The molecule has 0 spiro atoms. The number of nitrogens with one attached hydrogen (secondary N) is 2. The zero-order valence-electron chi connectivity index (χ0n) is 18.5. The molecule has 172 valence electrons. The van der Waals surface area contributed by atoms with Crippen LogP contribution in [0.1, 0.15) is 11.3 Å². The van der Waals surface area contributed by atoms with Gasteiger partial charge in [0.25, 0.3) is 5.91 Å². The minimum Gasteiger partial charge on any atom is -0.481 e. The SMILES string of the molecule is COc1ccc2ncc(Cl)c(-c3ccc(CCNCc4ccc5c(n4)NC(=O)CO5)cc3)c2n1. The molecule has 0 radical (unpaired) electrons. The van der Waals surface area contributed by atoms with Crippen molar-refractivity contribution < 1.29 is 14.3 Å². The van der Waals surface area contributed by atoms with E-state index in [-0.39, 0.29) is 12.5 Å². The first kappa shape index (κ1) is 22.1. The van der Waals surface area contributed by atoms with Gasteiger partial charge in [-0.05, 0) is 42.3 Å². The molecular weight excluding hydrogens is 454 g/mol. The highest BCUT2D eigenvalue weighted by atomic mass is 35.5. The van der Waals surface area contributed by atoms with Gasteiger partial charge in [0, 0.05) is 24.4 Å². The standard InChI is InChI=1S/C25H22ClN5O3/c1-33-22-9-7-19-24(31-22)23(18(26)13-28-19)16-4-2-15(3-5-16)10-11-27-12-17-6-8-20-25(29-17)30-21(32)14-34-20/h2-9,13,27H,10-12,14H2,1H3,(H,29,30,32). The van der Waals surface area contributed by atoms with Crippen LogP contribution in [0.2, 0.25) is 5.02 Å². The summed E-state index contributed by atoms with van der Waals surface area (Å²) in [6, 6.07) is 15.6. The minimum absolute atomic E-state index is 0.0271. The molecule has 4 aromatic rings. The van der Waals surface area contributed by atoms with Crippen molar-refractivity contribution in [2.75, 3.05) is 25.6 Å². The van der Waals surface area contributed by atoms with Crippen LogP contribution in [0.25, 0.3) is 22.2 Å². The number of carbonyl (C=O) groups is 1. The van der Waals surface area contributed by atoms with Crippen LogP contribution in [0.4, 0.5) is 5.82 Å². The van der Waals surface area contributed by atoms with E-state index in [1.54, 1.807) is 19.4 Å². The number of aromatic nitrogens is 3.